The zero-order chi connectivity index (χ0) is 22.1. The summed E-state index contributed by atoms with van der Waals surface area (Å²) in [7, 11) is 1.59. The van der Waals surface area contributed by atoms with E-state index in [4.69, 9.17) is 9.47 Å². The number of benzene rings is 1. The first-order valence-electron chi connectivity index (χ1n) is 11.1. The second-order valence-corrected chi connectivity index (χ2v) is 8.15. The van der Waals surface area contributed by atoms with Crippen molar-refractivity contribution in [1.29, 1.82) is 0 Å². The maximum Gasteiger partial charge on any atom is 0.254 e. The average molecular weight is 437 g/mol. The number of nitrogens with zero attached hydrogens (tertiary/aromatic N) is 4. The largest absolute Gasteiger partial charge is 0.495 e. The van der Waals surface area contributed by atoms with Gasteiger partial charge in [0.25, 0.3) is 5.91 Å². The quantitative estimate of drug-likeness (QED) is 0.613. The van der Waals surface area contributed by atoms with Gasteiger partial charge in [-0.2, -0.15) is 9.97 Å². The number of carbonyl (C=O) groups excluding carboxylic acids is 1. The zero-order valence-corrected chi connectivity index (χ0v) is 18.4. The molecule has 0 radical (unpaired) electrons. The second-order valence-electron chi connectivity index (χ2n) is 8.15. The van der Waals surface area contributed by atoms with Crippen LogP contribution in [0.15, 0.2) is 30.5 Å². The summed E-state index contributed by atoms with van der Waals surface area (Å²) in [5, 5.41) is 4.03. The maximum absolute atomic E-state index is 13.1. The molecular weight excluding hydrogens is 408 g/mol. The van der Waals surface area contributed by atoms with Crippen molar-refractivity contribution >= 4 is 28.6 Å². The Morgan fingerprint density at radius 2 is 2.16 bits per heavy atom. The lowest BCUT2D eigenvalue weighted by Gasteiger charge is -2.37. The highest BCUT2D eigenvalue weighted by Crippen LogP contribution is 2.31. The minimum absolute atomic E-state index is 0.0455. The molecule has 9 heteroatoms. The van der Waals surface area contributed by atoms with Crippen LogP contribution in [0.25, 0.3) is 11.0 Å². The number of hydrogen-bond donors (Lipinski definition) is 2. The monoisotopic (exact) mass is 436 g/mol. The molecule has 5 rings (SSSR count). The van der Waals surface area contributed by atoms with Crippen molar-refractivity contribution in [3.63, 3.8) is 0 Å². The molecule has 1 amide bonds. The third kappa shape index (κ3) is 3.84. The molecule has 1 atom stereocenters. The van der Waals surface area contributed by atoms with Gasteiger partial charge in [0, 0.05) is 37.4 Å². The van der Waals surface area contributed by atoms with E-state index < -0.39 is 0 Å². The lowest BCUT2D eigenvalue weighted by atomic mass is 10.1. The molecule has 2 aromatic heterocycles. The number of aromatic nitrogens is 3. The number of fused-ring (bicyclic) bond motifs is 2. The van der Waals surface area contributed by atoms with Crippen molar-refractivity contribution in [2.45, 2.75) is 25.8 Å². The van der Waals surface area contributed by atoms with Crippen molar-refractivity contribution in [3.8, 4) is 11.6 Å². The number of methoxy groups -OCH3 is 1. The van der Waals surface area contributed by atoms with E-state index in [0.29, 0.717) is 47.1 Å². The highest BCUT2D eigenvalue weighted by Gasteiger charge is 2.33. The van der Waals surface area contributed by atoms with Gasteiger partial charge in [-0.15, -0.1) is 0 Å². The van der Waals surface area contributed by atoms with Crippen LogP contribution in [0, 0.1) is 0 Å². The summed E-state index contributed by atoms with van der Waals surface area (Å²) in [5.41, 5.74) is 1.98. The fraction of sp³-hybridized carbons (Fsp3) is 0.435. The maximum atomic E-state index is 13.1. The first-order valence-corrected chi connectivity index (χ1v) is 11.1. The van der Waals surface area contributed by atoms with Crippen LogP contribution in [0.4, 0.5) is 11.6 Å². The highest BCUT2D eigenvalue weighted by atomic mass is 16.5. The molecular formula is C23H28N6O3. The van der Waals surface area contributed by atoms with Gasteiger partial charge in [0.15, 0.2) is 0 Å². The molecule has 4 heterocycles. The Balaban J connectivity index is 1.37. The third-order valence-electron chi connectivity index (χ3n) is 6.23. The Hall–Kier alpha value is -3.33. The van der Waals surface area contributed by atoms with E-state index in [0.717, 1.165) is 31.6 Å². The van der Waals surface area contributed by atoms with Crippen LogP contribution in [-0.2, 0) is 0 Å². The van der Waals surface area contributed by atoms with Gasteiger partial charge in [-0.25, -0.2) is 0 Å². The summed E-state index contributed by atoms with van der Waals surface area (Å²) in [4.78, 5) is 29.7. The number of aromatic amines is 1. The molecule has 168 valence electrons. The number of H-pyrrole nitrogens is 1. The molecule has 2 aliphatic rings. The standard InChI is InChI=1S/C23H28N6O3/c1-3-32-21-17-8-9-24-20(17)26-23(27-21)25-18-7-6-15(13-19(18)31-2)22(30)29-12-11-28-10-4-5-16(28)14-29/h6-9,13,16H,3-5,10-12,14H2,1-2H3,(H2,24,25,26,27)/t16-/m0/s1. The number of nitrogens with one attached hydrogen (secondary N) is 2. The van der Waals surface area contributed by atoms with Crippen molar-refractivity contribution in [2.24, 2.45) is 0 Å². The Labute approximate surface area is 186 Å². The first-order chi connectivity index (χ1) is 15.7. The van der Waals surface area contributed by atoms with Gasteiger partial charge in [0.2, 0.25) is 11.8 Å². The summed E-state index contributed by atoms with van der Waals surface area (Å²) < 4.78 is 11.2. The van der Waals surface area contributed by atoms with Crippen molar-refractivity contribution < 1.29 is 14.3 Å². The van der Waals surface area contributed by atoms with E-state index >= 15 is 0 Å². The van der Waals surface area contributed by atoms with Gasteiger partial charge in [0.05, 0.1) is 24.8 Å². The number of ether oxygens (including phenoxy) is 2. The number of amides is 1. The molecule has 1 aromatic carbocycles. The van der Waals surface area contributed by atoms with Crippen molar-refractivity contribution in [1.82, 2.24) is 24.8 Å². The van der Waals surface area contributed by atoms with Crippen LogP contribution in [0.3, 0.4) is 0 Å². The van der Waals surface area contributed by atoms with Crippen LogP contribution in [-0.4, -0.2) is 76.6 Å². The molecule has 2 N–H and O–H groups in total. The summed E-state index contributed by atoms with van der Waals surface area (Å²) >= 11 is 0. The minimum atomic E-state index is 0.0455. The number of anilines is 2. The third-order valence-corrected chi connectivity index (χ3v) is 6.23. The van der Waals surface area contributed by atoms with Gasteiger partial charge < -0.3 is 24.7 Å². The van der Waals surface area contributed by atoms with E-state index in [1.54, 1.807) is 19.4 Å². The zero-order valence-electron chi connectivity index (χ0n) is 18.4. The molecule has 2 fully saturated rings. The molecule has 0 unspecified atom stereocenters. The highest BCUT2D eigenvalue weighted by molar-refractivity contribution is 5.95. The molecule has 0 saturated carbocycles. The smallest absolute Gasteiger partial charge is 0.254 e. The SMILES string of the molecule is CCOc1nc(Nc2ccc(C(=O)N3CCN4CCC[C@H]4C3)cc2OC)nc2[nH]ccc12. The molecule has 0 bridgehead atoms. The topological polar surface area (TPSA) is 95.6 Å². The summed E-state index contributed by atoms with van der Waals surface area (Å²) in [5.74, 6) is 1.50. The predicted molar refractivity (Wildman–Crippen MR) is 122 cm³/mol. The van der Waals surface area contributed by atoms with E-state index in [2.05, 4.69) is 25.2 Å². The van der Waals surface area contributed by atoms with Crippen LogP contribution >= 0.6 is 0 Å². The van der Waals surface area contributed by atoms with E-state index in [1.165, 1.54) is 12.8 Å². The molecule has 9 nitrogen and oxygen atoms in total. The summed E-state index contributed by atoms with van der Waals surface area (Å²) in [6.45, 7) is 6.09. The Morgan fingerprint density at radius 1 is 1.25 bits per heavy atom. The molecule has 2 aliphatic heterocycles. The second kappa shape index (κ2) is 8.66. The van der Waals surface area contributed by atoms with E-state index in [9.17, 15) is 4.79 Å². The molecule has 2 saturated heterocycles. The number of hydrogen-bond acceptors (Lipinski definition) is 7. The Bertz CT molecular complexity index is 1130. The van der Waals surface area contributed by atoms with E-state index in [1.807, 2.05) is 30.0 Å². The van der Waals surface area contributed by atoms with Crippen LogP contribution in [0.1, 0.15) is 30.1 Å². The summed E-state index contributed by atoms with van der Waals surface area (Å²) in [6, 6.07) is 7.82. The number of rotatable bonds is 6. The van der Waals surface area contributed by atoms with Crippen LogP contribution in [0.5, 0.6) is 11.6 Å². The van der Waals surface area contributed by atoms with Gasteiger partial charge >= 0.3 is 0 Å². The number of piperazine rings is 1. The van der Waals surface area contributed by atoms with E-state index in [-0.39, 0.29) is 5.91 Å². The van der Waals surface area contributed by atoms with Gasteiger partial charge in [0.1, 0.15) is 11.4 Å². The lowest BCUT2D eigenvalue weighted by molar-refractivity contribution is 0.0571. The van der Waals surface area contributed by atoms with Gasteiger partial charge in [-0.05, 0) is 50.6 Å². The van der Waals surface area contributed by atoms with Gasteiger partial charge in [-0.1, -0.05) is 0 Å². The first kappa shape index (κ1) is 20.6. The minimum Gasteiger partial charge on any atom is -0.495 e. The molecule has 32 heavy (non-hydrogen) atoms. The lowest BCUT2D eigenvalue weighted by Crippen LogP contribution is -2.52. The average Bonchev–Trinajstić information content (AvgIpc) is 3.48. The summed E-state index contributed by atoms with van der Waals surface area (Å²) in [6.07, 6.45) is 4.20. The number of carbonyl (C=O) groups is 1. The Kier molecular flexibility index (Phi) is 5.57. The Morgan fingerprint density at radius 3 is 3.00 bits per heavy atom. The van der Waals surface area contributed by atoms with Crippen molar-refractivity contribution in [3.05, 3.63) is 36.0 Å². The molecule has 3 aromatic rings. The molecule has 0 aliphatic carbocycles. The molecule has 0 spiro atoms. The van der Waals surface area contributed by atoms with Crippen LogP contribution in [0.2, 0.25) is 0 Å². The van der Waals surface area contributed by atoms with Gasteiger partial charge in [-0.3, -0.25) is 9.69 Å². The van der Waals surface area contributed by atoms with Crippen LogP contribution < -0.4 is 14.8 Å². The fourth-order valence-electron chi connectivity index (χ4n) is 4.62. The fourth-order valence-corrected chi connectivity index (χ4v) is 4.62. The van der Waals surface area contributed by atoms with Crippen molar-refractivity contribution in [2.75, 3.05) is 45.2 Å². The normalized spacial score (nSPS) is 18.6. The predicted octanol–water partition coefficient (Wildman–Crippen LogP) is 3.03.